The lowest BCUT2D eigenvalue weighted by Crippen LogP contribution is -2.37. The van der Waals surface area contributed by atoms with Crippen LogP contribution in [0.15, 0.2) is 41.8 Å². The van der Waals surface area contributed by atoms with Crippen molar-refractivity contribution in [1.29, 1.82) is 0 Å². The predicted molar refractivity (Wildman–Crippen MR) is 123 cm³/mol. The second-order valence-corrected chi connectivity index (χ2v) is 10.5. The van der Waals surface area contributed by atoms with Crippen molar-refractivity contribution in [2.75, 3.05) is 32.1 Å². The van der Waals surface area contributed by atoms with Gasteiger partial charge in [-0.25, -0.2) is 17.7 Å². The molecule has 14 heteroatoms. The number of rotatable bonds is 5. The fourth-order valence-electron chi connectivity index (χ4n) is 3.76. The first-order chi connectivity index (χ1) is 16.9. The van der Waals surface area contributed by atoms with Gasteiger partial charge in [0.1, 0.15) is 11.4 Å². The number of nitrogens with zero attached hydrogens (tertiary/aromatic N) is 6. The smallest absolute Gasteiger partial charge is 0.373 e. The van der Waals surface area contributed by atoms with E-state index in [0.29, 0.717) is 22.5 Å². The number of ether oxygens (including phenoxy) is 1. The van der Waals surface area contributed by atoms with E-state index in [1.54, 1.807) is 13.0 Å². The van der Waals surface area contributed by atoms with Gasteiger partial charge in [0.2, 0.25) is 10.0 Å². The molecule has 1 amide bonds. The van der Waals surface area contributed by atoms with E-state index in [9.17, 15) is 26.4 Å². The highest BCUT2D eigenvalue weighted by Crippen LogP contribution is 2.28. The normalized spacial score (nSPS) is 15.1. The van der Waals surface area contributed by atoms with E-state index in [-0.39, 0.29) is 35.9 Å². The number of carbonyl (C=O) groups is 1. The van der Waals surface area contributed by atoms with Crippen LogP contribution >= 0.6 is 0 Å². The monoisotopic (exact) mass is 524 g/mol. The summed E-state index contributed by atoms with van der Waals surface area (Å²) in [5.74, 6) is -0.446. The topological polar surface area (TPSA) is 111 Å². The van der Waals surface area contributed by atoms with Crippen molar-refractivity contribution in [1.82, 2.24) is 24.1 Å². The van der Waals surface area contributed by atoms with Gasteiger partial charge in [0, 0.05) is 44.8 Å². The number of anilines is 1. The Labute approximate surface area is 205 Å². The minimum atomic E-state index is -4.45. The number of fused-ring (bicyclic) bond motifs is 1. The highest BCUT2D eigenvalue weighted by molar-refractivity contribution is 7.89. The van der Waals surface area contributed by atoms with Crippen molar-refractivity contribution in [3.05, 3.63) is 53.7 Å². The minimum absolute atomic E-state index is 0.00873. The van der Waals surface area contributed by atoms with Crippen LogP contribution in [0.25, 0.3) is 11.3 Å². The third-order valence-corrected chi connectivity index (χ3v) is 7.29. The lowest BCUT2D eigenvalue weighted by atomic mass is 10.0. The van der Waals surface area contributed by atoms with Gasteiger partial charge in [-0.3, -0.25) is 14.5 Å². The molecule has 1 aliphatic heterocycles. The van der Waals surface area contributed by atoms with Crippen LogP contribution in [-0.4, -0.2) is 71.8 Å². The van der Waals surface area contributed by atoms with Crippen LogP contribution in [0, 0.1) is 6.92 Å². The average molecular weight is 525 g/mol. The molecule has 192 valence electrons. The molecule has 0 fully saturated rings. The molecule has 0 bridgehead atoms. The molecule has 3 aromatic heterocycles. The molecule has 0 radical (unpaired) electrons. The number of aromatic nitrogens is 4. The Morgan fingerprint density at radius 3 is 2.61 bits per heavy atom. The summed E-state index contributed by atoms with van der Waals surface area (Å²) >= 11 is 0. The summed E-state index contributed by atoms with van der Waals surface area (Å²) in [6.45, 7) is 0.690. The van der Waals surface area contributed by atoms with Crippen LogP contribution in [0.4, 0.5) is 18.9 Å². The van der Waals surface area contributed by atoms with Gasteiger partial charge in [0.05, 0.1) is 42.0 Å². The zero-order valence-electron chi connectivity index (χ0n) is 19.7. The van der Waals surface area contributed by atoms with Gasteiger partial charge in [-0.2, -0.15) is 18.3 Å². The molecule has 0 aliphatic carbocycles. The van der Waals surface area contributed by atoms with E-state index in [4.69, 9.17) is 4.74 Å². The van der Waals surface area contributed by atoms with Crippen molar-refractivity contribution in [3.63, 3.8) is 0 Å². The number of hydrogen-bond acceptors (Lipinski definition) is 7. The van der Waals surface area contributed by atoms with E-state index in [0.717, 1.165) is 15.2 Å². The molecule has 0 saturated heterocycles. The van der Waals surface area contributed by atoms with Crippen molar-refractivity contribution in [3.8, 4) is 11.3 Å². The van der Waals surface area contributed by atoms with Crippen molar-refractivity contribution in [2.24, 2.45) is 0 Å². The van der Waals surface area contributed by atoms with Gasteiger partial charge in [-0.05, 0) is 24.6 Å². The maximum atomic E-state index is 13.5. The Morgan fingerprint density at radius 1 is 1.17 bits per heavy atom. The Morgan fingerprint density at radius 2 is 1.92 bits per heavy atom. The summed E-state index contributed by atoms with van der Waals surface area (Å²) in [5.41, 5.74) is 2.16. The third-order valence-electron chi connectivity index (χ3n) is 5.51. The quantitative estimate of drug-likeness (QED) is 0.505. The number of amides is 1. The number of aryl methyl sites for hydroxylation is 1. The van der Waals surface area contributed by atoms with E-state index in [2.05, 4.69) is 15.1 Å². The van der Waals surface area contributed by atoms with E-state index in [1.165, 1.54) is 43.7 Å². The van der Waals surface area contributed by atoms with E-state index >= 15 is 0 Å². The zero-order valence-corrected chi connectivity index (χ0v) is 20.5. The third kappa shape index (κ3) is 5.24. The first-order valence-electron chi connectivity index (χ1n) is 10.7. The molecule has 0 unspecified atom stereocenters. The molecular formula is C22H23F3N6O4S. The maximum absolute atomic E-state index is 13.5. The molecule has 0 spiro atoms. The summed E-state index contributed by atoms with van der Waals surface area (Å²) in [7, 11) is -0.894. The summed E-state index contributed by atoms with van der Waals surface area (Å²) in [5, 5.41) is 3.72. The Bertz CT molecular complexity index is 1410. The molecule has 36 heavy (non-hydrogen) atoms. The molecule has 4 heterocycles. The SMILES string of the molecule is Cc1cc(-c2cncc(S(=O)(=O)N(C)C)c2)nc2c1C(=O)N(c1cnn(CC(F)(F)F)c1)CCOC2. The van der Waals surface area contributed by atoms with Crippen LogP contribution in [0.3, 0.4) is 0 Å². The van der Waals surface area contributed by atoms with Gasteiger partial charge < -0.3 is 9.64 Å². The molecule has 3 aromatic rings. The number of halogens is 3. The lowest BCUT2D eigenvalue weighted by Gasteiger charge is -2.26. The minimum Gasteiger partial charge on any atom is -0.373 e. The summed E-state index contributed by atoms with van der Waals surface area (Å²) in [6.07, 6.45) is 0.614. The van der Waals surface area contributed by atoms with E-state index in [1.807, 2.05) is 0 Å². The van der Waals surface area contributed by atoms with Crippen LogP contribution in [0.5, 0.6) is 0 Å². The molecular weight excluding hydrogens is 501 g/mol. The summed E-state index contributed by atoms with van der Waals surface area (Å²) in [6, 6.07) is 3.08. The van der Waals surface area contributed by atoms with Gasteiger partial charge in [-0.15, -0.1) is 0 Å². The van der Waals surface area contributed by atoms with Crippen LogP contribution in [0.1, 0.15) is 21.6 Å². The number of carbonyl (C=O) groups excluding carboxylic acids is 1. The first kappa shape index (κ1) is 25.7. The maximum Gasteiger partial charge on any atom is 0.408 e. The second kappa shape index (κ2) is 9.59. The fourth-order valence-corrected chi connectivity index (χ4v) is 4.65. The van der Waals surface area contributed by atoms with Gasteiger partial charge in [0.25, 0.3) is 5.91 Å². The van der Waals surface area contributed by atoms with Gasteiger partial charge in [-0.1, -0.05) is 0 Å². The lowest BCUT2D eigenvalue weighted by molar-refractivity contribution is -0.142. The fraction of sp³-hybridized carbons (Fsp3) is 0.364. The highest BCUT2D eigenvalue weighted by atomic mass is 32.2. The van der Waals surface area contributed by atoms with Crippen molar-refractivity contribution >= 4 is 21.6 Å². The van der Waals surface area contributed by atoms with Crippen LogP contribution < -0.4 is 4.90 Å². The van der Waals surface area contributed by atoms with Crippen molar-refractivity contribution < 1.29 is 31.1 Å². The van der Waals surface area contributed by atoms with Crippen LogP contribution in [-0.2, 0) is 27.9 Å². The Balaban J connectivity index is 1.71. The number of hydrogen-bond donors (Lipinski definition) is 0. The van der Waals surface area contributed by atoms with Gasteiger partial charge >= 0.3 is 6.18 Å². The molecule has 1 aliphatic rings. The molecule has 0 atom stereocenters. The molecule has 10 nitrogen and oxygen atoms in total. The Hall–Kier alpha value is -3.36. The van der Waals surface area contributed by atoms with Crippen molar-refractivity contribution in [2.45, 2.75) is 31.1 Å². The largest absolute Gasteiger partial charge is 0.408 e. The standard InChI is InChI=1S/C22H23F3N6O4S/c1-14-6-18(15-7-17(10-26-8-15)36(33,34)29(2)3)28-19-12-35-5-4-31(21(32)20(14)19)16-9-27-30(11-16)13-22(23,24)25/h6-11H,4-5,12-13H2,1-3H3. The number of pyridine rings is 2. The van der Waals surface area contributed by atoms with E-state index < -0.39 is 28.7 Å². The highest BCUT2D eigenvalue weighted by Gasteiger charge is 2.31. The average Bonchev–Trinajstić information content (AvgIpc) is 3.23. The number of alkyl halides is 3. The van der Waals surface area contributed by atoms with Crippen LogP contribution in [0.2, 0.25) is 0 Å². The summed E-state index contributed by atoms with van der Waals surface area (Å²) < 4.78 is 70.7. The molecule has 4 rings (SSSR count). The predicted octanol–water partition coefficient (Wildman–Crippen LogP) is 2.64. The second-order valence-electron chi connectivity index (χ2n) is 8.36. The first-order valence-corrected chi connectivity index (χ1v) is 12.2. The summed E-state index contributed by atoms with van der Waals surface area (Å²) in [4.78, 5) is 23.4. The zero-order chi connectivity index (χ0) is 26.3. The molecule has 0 aromatic carbocycles. The molecule has 0 saturated carbocycles. The number of sulfonamides is 1. The Kier molecular flexibility index (Phi) is 6.86. The van der Waals surface area contributed by atoms with Gasteiger partial charge in [0.15, 0.2) is 0 Å². The molecule has 0 N–H and O–H groups in total.